The summed E-state index contributed by atoms with van der Waals surface area (Å²) in [4.78, 5) is 126. The number of imidazole rings is 1. The lowest BCUT2D eigenvalue weighted by Gasteiger charge is -2.48. The van der Waals surface area contributed by atoms with E-state index in [0.29, 0.717) is 56.4 Å². The third kappa shape index (κ3) is 13.0. The second-order valence-corrected chi connectivity index (χ2v) is 28.4. The number of nitrogens with two attached hydrogens (primary N) is 6. The normalized spacial score (nSPS) is 34.2. The number of carbonyl (C=O) groups excluding carboxylic acids is 7. The third-order valence-corrected chi connectivity index (χ3v) is 21.7. The molecule has 2 saturated heterocycles. The van der Waals surface area contributed by atoms with E-state index in [4.69, 9.17) is 63.2 Å². The highest BCUT2D eigenvalue weighted by Gasteiger charge is 2.66. The summed E-state index contributed by atoms with van der Waals surface area (Å²) in [6.45, 7) is 19.3. The number of fused-ring (bicyclic) bond motifs is 7. The minimum atomic E-state index is -5.07. The van der Waals surface area contributed by atoms with Crippen molar-refractivity contribution in [3.05, 3.63) is 63.9 Å². The van der Waals surface area contributed by atoms with E-state index >= 15 is 0 Å². The van der Waals surface area contributed by atoms with Crippen LogP contribution in [0.1, 0.15) is 150 Å². The Morgan fingerprint density at radius 3 is 1.99 bits per heavy atom. The van der Waals surface area contributed by atoms with Crippen LogP contribution >= 0.6 is 7.82 Å². The highest BCUT2D eigenvalue weighted by Crippen LogP contribution is 2.63. The zero-order valence-corrected chi connectivity index (χ0v) is 54.1. The van der Waals surface area contributed by atoms with Gasteiger partial charge < -0.3 is 69.4 Å². The number of aliphatic imine (C=N–C) groups is 3. The number of aryl methyl sites for hydroxylation is 2. The molecule has 0 aliphatic carbocycles. The van der Waals surface area contributed by atoms with Crippen LogP contribution in [0, 0.1) is 59.2 Å². The van der Waals surface area contributed by atoms with Crippen LogP contribution in [0.25, 0.3) is 11.0 Å². The largest absolute Gasteiger partial charge is 0.472 e. The molecule has 492 valence electrons. The van der Waals surface area contributed by atoms with Crippen molar-refractivity contribution in [1.82, 2.24) is 20.2 Å². The maximum absolute atomic E-state index is 14.4. The summed E-state index contributed by atoms with van der Waals surface area (Å²) in [5.41, 5.74) is 37.4. The van der Waals surface area contributed by atoms with Gasteiger partial charge in [0.1, 0.15) is 18.3 Å². The number of primary amides is 6. The predicted molar refractivity (Wildman–Crippen MR) is 334 cm³/mol. The number of aliphatic hydroxyl groups is 2. The summed E-state index contributed by atoms with van der Waals surface area (Å²) in [5.74, 6) is -7.18. The second-order valence-electron chi connectivity index (χ2n) is 27.1. The third-order valence-electron chi connectivity index (χ3n) is 20.6. The van der Waals surface area contributed by atoms with Gasteiger partial charge in [-0.3, -0.25) is 57.6 Å². The highest BCUT2D eigenvalue weighted by atomic mass is 31.2. The molecule has 2 aromatic rings. The molecule has 90 heavy (non-hydrogen) atoms. The van der Waals surface area contributed by atoms with Crippen molar-refractivity contribution in [2.24, 2.45) is 94.7 Å². The summed E-state index contributed by atoms with van der Waals surface area (Å²) in [7, 11) is -5.07. The van der Waals surface area contributed by atoms with Gasteiger partial charge in [0, 0.05) is 131 Å². The molecule has 27 nitrogen and oxygen atoms in total. The standard InChI is InChI=1S/C62H90N13O14P/c1-29-20-39-40(21-30(29)2)75(28-70-39)57-52(84)53(41(27-76)87-57)89-90(85,86)88-31(3)26-69-49(83)18-19-59(8)37(22-46(66)80)56-62(11)61(10,25-48(68)82)36(14-17-45(65)79)51(74-62)33(5)55-60(9,24-47(67)81)34(12-15-43(63)77)38(71-55)23-42-58(6,7)35(13-16-44(64)78)50(72-42)32(4)54(59)73-56/h20-21,23,28,31,34-37,41,52-53,56-57,71,76,84H,12-19,22,24-27H2,1-11H3,(H2,63,77)(H2,64,78)(H2,65,79)(H2,66,80)(H2,67,81)(H2,68,82)(H,69,83)(H,85,86)/b38-23-,50-32-,55-33-/t31?,34-,35-,36-,37+,41-,52-,53-,56?,57+,59-,60+,61+,62-/m1/s1. The predicted octanol–water partition coefficient (Wildman–Crippen LogP) is 3.16. The van der Waals surface area contributed by atoms with Gasteiger partial charge in [-0.1, -0.05) is 34.6 Å². The van der Waals surface area contributed by atoms with Gasteiger partial charge in [-0.15, -0.1) is 0 Å². The number of hydrogen-bond acceptors (Lipinski definition) is 18. The van der Waals surface area contributed by atoms with Gasteiger partial charge in [0.05, 0.1) is 41.7 Å². The number of amides is 7. The molecular formula is C62H90N13O14P. The van der Waals surface area contributed by atoms with Crippen LogP contribution in [0.2, 0.25) is 0 Å². The number of hydrogen-bond donors (Lipinski definition) is 11. The number of nitrogens with one attached hydrogen (secondary N) is 2. The Balaban J connectivity index is 1.19. The molecule has 0 radical (unpaired) electrons. The highest BCUT2D eigenvalue weighted by molar-refractivity contribution is 7.47. The van der Waals surface area contributed by atoms with Crippen molar-refractivity contribution >= 4 is 77.3 Å². The molecule has 7 amide bonds. The number of aliphatic hydroxyl groups excluding tert-OH is 2. The first kappa shape index (κ1) is 68.9. The molecule has 1 aromatic heterocycles. The van der Waals surface area contributed by atoms with E-state index in [-0.39, 0.29) is 77.2 Å². The van der Waals surface area contributed by atoms with Crippen molar-refractivity contribution in [1.29, 1.82) is 0 Å². The van der Waals surface area contributed by atoms with E-state index < -0.39 is 143 Å². The van der Waals surface area contributed by atoms with Crippen LogP contribution in [0.4, 0.5) is 0 Å². The molecule has 1 aromatic carbocycles. The van der Waals surface area contributed by atoms with Gasteiger partial charge in [0.25, 0.3) is 0 Å². The van der Waals surface area contributed by atoms with E-state index in [1.807, 2.05) is 87.4 Å². The number of allylic oxidation sites excluding steroid dienone is 6. The number of ether oxygens (including phenoxy) is 1. The Bertz CT molecular complexity index is 3540. The van der Waals surface area contributed by atoms with Crippen LogP contribution in [-0.4, -0.2) is 132 Å². The number of phosphoric ester groups is 1. The molecule has 8 rings (SSSR count). The zero-order valence-electron chi connectivity index (χ0n) is 53.3. The SMILES string of the molecule is C/C1=C2N=C(/C=C3\N/C(=C(/C)C4=N[C@](C)(C5N=C1[C@](C)(CCC(=O)NCC(C)OP(=O)(O)O[C@H]1[C@@H](O)[C@@H](n6cnc7cc(C)c(C)cc76)O[C@@H]1CO)[C@H]5CC(N)=O)[C@@](C)(CC(N)=O)[C@@H]4CCC(N)=O)[C@@](C)(CC(N)=O)[C@@H]3CCC(N)=O)C(C)(C)[C@@H]/2CCC(N)=O. The maximum Gasteiger partial charge on any atom is 0.472 e. The van der Waals surface area contributed by atoms with Crippen LogP contribution in [0.5, 0.6) is 0 Å². The second kappa shape index (κ2) is 25.6. The first-order valence-electron chi connectivity index (χ1n) is 30.6. The minimum Gasteiger partial charge on any atom is -0.394 e. The fourth-order valence-corrected chi connectivity index (χ4v) is 16.6. The Morgan fingerprint density at radius 2 is 1.40 bits per heavy atom. The number of phosphoric acid groups is 1. The first-order valence-corrected chi connectivity index (χ1v) is 32.1. The summed E-state index contributed by atoms with van der Waals surface area (Å²) < 4.78 is 32.3. The van der Waals surface area contributed by atoms with E-state index in [1.165, 1.54) is 13.3 Å². The van der Waals surface area contributed by atoms with Crippen molar-refractivity contribution in [2.45, 2.75) is 189 Å². The molecule has 0 spiro atoms. The number of benzene rings is 1. The first-order chi connectivity index (χ1) is 41.8. The van der Waals surface area contributed by atoms with Crippen LogP contribution in [-0.2, 0) is 51.9 Å². The number of rotatable bonds is 26. The molecule has 6 aliphatic heterocycles. The van der Waals surface area contributed by atoms with Gasteiger partial charge in [0.2, 0.25) is 41.4 Å². The van der Waals surface area contributed by atoms with Crippen molar-refractivity contribution < 1.29 is 67.0 Å². The van der Waals surface area contributed by atoms with Crippen LogP contribution < -0.4 is 45.0 Å². The summed E-state index contributed by atoms with van der Waals surface area (Å²) >= 11 is 0. The van der Waals surface area contributed by atoms with E-state index in [2.05, 4.69) is 15.6 Å². The summed E-state index contributed by atoms with van der Waals surface area (Å²) in [5, 5.41) is 28.2. The molecule has 28 heteroatoms. The average molecular weight is 1270 g/mol. The van der Waals surface area contributed by atoms with E-state index in [9.17, 15) is 53.2 Å². The summed E-state index contributed by atoms with van der Waals surface area (Å²) in [6.07, 6.45) is -4.26. The average Bonchev–Trinajstić information content (AvgIpc) is 1.53. The zero-order chi connectivity index (χ0) is 66.7. The van der Waals surface area contributed by atoms with Gasteiger partial charge in [-0.05, 0) is 108 Å². The molecule has 2 fully saturated rings. The number of nitrogens with zero attached hydrogens (tertiary/aromatic N) is 5. The number of carbonyl (C=O) groups is 7. The molecule has 15 atom stereocenters. The smallest absolute Gasteiger partial charge is 0.394 e. The lowest BCUT2D eigenvalue weighted by molar-refractivity contribution is -0.124. The van der Waals surface area contributed by atoms with Crippen LogP contribution in [0.3, 0.4) is 0 Å². The van der Waals surface area contributed by atoms with E-state index in [0.717, 1.165) is 11.1 Å². The molecule has 17 N–H and O–H groups in total. The fraction of sp³-hybridized carbons (Fsp3) is 0.629. The summed E-state index contributed by atoms with van der Waals surface area (Å²) in [6, 6.07) is 2.70. The number of aromatic nitrogens is 2. The van der Waals surface area contributed by atoms with Gasteiger partial charge in [-0.2, -0.15) is 0 Å². The lowest BCUT2D eigenvalue weighted by Crippen LogP contribution is -2.56. The Labute approximate surface area is 523 Å². The van der Waals surface area contributed by atoms with Crippen molar-refractivity contribution in [2.75, 3.05) is 13.2 Å². The van der Waals surface area contributed by atoms with Crippen molar-refractivity contribution in [3.8, 4) is 0 Å². The van der Waals surface area contributed by atoms with E-state index in [1.54, 1.807) is 4.57 Å². The Morgan fingerprint density at radius 1 is 0.800 bits per heavy atom. The monoisotopic (exact) mass is 1270 g/mol. The molecular weight excluding hydrogens is 1180 g/mol. The minimum absolute atomic E-state index is 0.0114. The fourth-order valence-electron chi connectivity index (χ4n) is 15.4. The maximum atomic E-state index is 14.4. The van der Waals surface area contributed by atoms with Crippen LogP contribution in [0.15, 0.2) is 67.8 Å². The molecule has 8 bridgehead atoms. The molecule has 6 aliphatic rings. The molecule has 7 heterocycles. The van der Waals surface area contributed by atoms with Gasteiger partial charge in [0.15, 0.2) is 6.23 Å². The van der Waals surface area contributed by atoms with Crippen molar-refractivity contribution in [3.63, 3.8) is 0 Å². The Hall–Kier alpha value is -7.00. The molecule has 3 unspecified atom stereocenters. The Kier molecular flexibility index (Phi) is 19.6. The van der Waals surface area contributed by atoms with Gasteiger partial charge >= 0.3 is 7.82 Å². The quantitative estimate of drug-likeness (QED) is 0.0603. The van der Waals surface area contributed by atoms with Gasteiger partial charge in [-0.25, -0.2) is 9.55 Å². The topological polar surface area (TPSA) is 460 Å². The molecule has 0 saturated carbocycles. The lowest BCUT2D eigenvalue weighted by atomic mass is 9.55.